The maximum atomic E-state index is 13.0. The number of rotatable bonds is 10. The minimum atomic E-state index is -0.141. The van der Waals surface area contributed by atoms with Gasteiger partial charge in [0.1, 0.15) is 0 Å². The highest BCUT2D eigenvalue weighted by Gasteiger charge is 2.12. The summed E-state index contributed by atoms with van der Waals surface area (Å²) in [6.07, 6.45) is 5.43. The Bertz CT molecular complexity index is 957. The number of unbranched alkanes of at least 4 members (excludes halogenated alkanes) is 4. The quantitative estimate of drug-likeness (QED) is 0.388. The molecule has 5 heteroatoms. The highest BCUT2D eigenvalue weighted by atomic mass is 16.5. The Balaban J connectivity index is 1.63. The molecule has 0 unspecified atom stereocenters. The number of fused-ring (bicyclic) bond motifs is 1. The number of imidazole rings is 1. The molecule has 0 saturated carbocycles. The maximum Gasteiger partial charge on any atom is 0.329 e. The molecular formula is C23H28N2O3. The molecule has 0 spiro atoms. The molecule has 1 aromatic heterocycles. The number of carbonyl (C=O) groups is 1. The molecule has 3 aromatic rings. The van der Waals surface area contributed by atoms with Crippen molar-refractivity contribution in [2.75, 3.05) is 7.11 Å². The number of ether oxygens (including phenoxy) is 1. The van der Waals surface area contributed by atoms with Gasteiger partial charge in [0, 0.05) is 13.0 Å². The van der Waals surface area contributed by atoms with E-state index in [0.29, 0.717) is 13.0 Å². The summed E-state index contributed by atoms with van der Waals surface area (Å²) in [6.45, 7) is 1.30. The predicted molar refractivity (Wildman–Crippen MR) is 111 cm³/mol. The highest BCUT2D eigenvalue weighted by Crippen LogP contribution is 2.16. The van der Waals surface area contributed by atoms with Crippen LogP contribution >= 0.6 is 0 Å². The first-order valence-corrected chi connectivity index (χ1v) is 9.99. The van der Waals surface area contributed by atoms with Gasteiger partial charge in [-0.3, -0.25) is 13.9 Å². The first-order valence-electron chi connectivity index (χ1n) is 9.99. The maximum absolute atomic E-state index is 13.0. The zero-order chi connectivity index (χ0) is 19.8. The van der Waals surface area contributed by atoms with Crippen LogP contribution < -0.4 is 5.69 Å². The van der Waals surface area contributed by atoms with Crippen LogP contribution in [-0.2, 0) is 22.6 Å². The molecule has 5 nitrogen and oxygen atoms in total. The van der Waals surface area contributed by atoms with Crippen LogP contribution in [0.4, 0.5) is 0 Å². The van der Waals surface area contributed by atoms with Crippen molar-refractivity contribution in [3.8, 4) is 0 Å². The minimum absolute atomic E-state index is 0.0516. The summed E-state index contributed by atoms with van der Waals surface area (Å²) in [5.74, 6) is -0.141. The Kier molecular flexibility index (Phi) is 7.06. The summed E-state index contributed by atoms with van der Waals surface area (Å²) in [7, 11) is 1.42. The van der Waals surface area contributed by atoms with Gasteiger partial charge in [-0.25, -0.2) is 4.79 Å². The fourth-order valence-corrected chi connectivity index (χ4v) is 3.58. The number of benzene rings is 2. The number of aromatic nitrogens is 2. The van der Waals surface area contributed by atoms with Crippen LogP contribution in [0, 0.1) is 0 Å². The van der Waals surface area contributed by atoms with Crippen LogP contribution in [0.5, 0.6) is 0 Å². The summed E-state index contributed by atoms with van der Waals surface area (Å²) in [4.78, 5) is 24.2. The molecule has 0 atom stereocenters. The second kappa shape index (κ2) is 9.93. The largest absolute Gasteiger partial charge is 0.469 e. The lowest BCUT2D eigenvalue weighted by atomic mass is 10.1. The number of hydrogen-bond acceptors (Lipinski definition) is 3. The summed E-state index contributed by atoms with van der Waals surface area (Å²) in [6, 6.07) is 18.1. The molecular weight excluding hydrogens is 352 g/mol. The first kappa shape index (κ1) is 19.9. The fourth-order valence-electron chi connectivity index (χ4n) is 3.58. The van der Waals surface area contributed by atoms with E-state index in [0.717, 1.165) is 55.2 Å². The summed E-state index contributed by atoms with van der Waals surface area (Å²) in [5.41, 5.74) is 3.15. The van der Waals surface area contributed by atoms with E-state index < -0.39 is 0 Å². The lowest BCUT2D eigenvalue weighted by Gasteiger charge is -2.04. The number of esters is 1. The summed E-state index contributed by atoms with van der Waals surface area (Å²) >= 11 is 0. The van der Waals surface area contributed by atoms with Crippen molar-refractivity contribution >= 4 is 17.0 Å². The second-order valence-corrected chi connectivity index (χ2v) is 7.09. The Morgan fingerprint density at radius 1 is 0.821 bits per heavy atom. The van der Waals surface area contributed by atoms with Crippen molar-refractivity contribution in [1.82, 2.24) is 9.13 Å². The smallest absolute Gasteiger partial charge is 0.329 e. The third kappa shape index (κ3) is 4.91. The van der Waals surface area contributed by atoms with Gasteiger partial charge in [0.15, 0.2) is 0 Å². The zero-order valence-corrected chi connectivity index (χ0v) is 16.5. The summed E-state index contributed by atoms with van der Waals surface area (Å²) < 4.78 is 8.41. The molecule has 0 N–H and O–H groups in total. The van der Waals surface area contributed by atoms with E-state index in [9.17, 15) is 9.59 Å². The van der Waals surface area contributed by atoms with Gasteiger partial charge in [0.05, 0.1) is 24.7 Å². The first-order chi connectivity index (χ1) is 13.7. The van der Waals surface area contributed by atoms with E-state index in [-0.39, 0.29) is 11.7 Å². The number of nitrogens with zero attached hydrogens (tertiary/aromatic N) is 2. The van der Waals surface area contributed by atoms with E-state index >= 15 is 0 Å². The average Bonchev–Trinajstić information content (AvgIpc) is 2.99. The molecule has 0 aliphatic rings. The Hall–Kier alpha value is -2.82. The van der Waals surface area contributed by atoms with Crippen molar-refractivity contribution < 1.29 is 9.53 Å². The third-order valence-electron chi connectivity index (χ3n) is 5.10. The van der Waals surface area contributed by atoms with E-state index in [1.165, 1.54) is 7.11 Å². The molecule has 0 aliphatic carbocycles. The van der Waals surface area contributed by atoms with Crippen LogP contribution in [0.2, 0.25) is 0 Å². The Labute approximate surface area is 165 Å². The molecule has 28 heavy (non-hydrogen) atoms. The molecule has 0 aliphatic heterocycles. The Morgan fingerprint density at radius 3 is 2.14 bits per heavy atom. The molecule has 0 fully saturated rings. The van der Waals surface area contributed by atoms with Crippen LogP contribution in [0.15, 0.2) is 59.4 Å². The van der Waals surface area contributed by atoms with E-state index in [1.54, 1.807) is 0 Å². The standard InChI is InChI=1S/C23H28N2O3/c1-28-22(26)16-8-3-2-4-11-17-24-20-14-9-10-15-21(20)25(23(24)27)18-19-12-6-5-7-13-19/h5-7,9-10,12-15H,2-4,8,11,16-18H2,1H3. The van der Waals surface area contributed by atoms with Crippen molar-refractivity contribution in [2.45, 2.75) is 51.6 Å². The third-order valence-corrected chi connectivity index (χ3v) is 5.10. The fraction of sp³-hybridized carbons (Fsp3) is 0.391. The van der Waals surface area contributed by atoms with E-state index in [1.807, 2.05) is 63.7 Å². The van der Waals surface area contributed by atoms with Crippen LogP contribution in [0.1, 0.15) is 44.1 Å². The lowest BCUT2D eigenvalue weighted by molar-refractivity contribution is -0.140. The molecule has 3 rings (SSSR count). The highest BCUT2D eigenvalue weighted by molar-refractivity contribution is 5.76. The topological polar surface area (TPSA) is 53.2 Å². The number of carbonyl (C=O) groups excluding carboxylic acids is 1. The van der Waals surface area contributed by atoms with Crippen molar-refractivity contribution in [3.63, 3.8) is 0 Å². The van der Waals surface area contributed by atoms with Gasteiger partial charge in [0.2, 0.25) is 0 Å². The van der Waals surface area contributed by atoms with Crippen LogP contribution in [0.25, 0.3) is 11.0 Å². The molecule has 2 aromatic carbocycles. The van der Waals surface area contributed by atoms with Gasteiger partial charge in [-0.2, -0.15) is 0 Å². The summed E-state index contributed by atoms with van der Waals surface area (Å²) in [5, 5.41) is 0. The SMILES string of the molecule is COC(=O)CCCCCCCn1c(=O)n(Cc2ccccc2)c2ccccc21. The van der Waals surface area contributed by atoms with E-state index in [4.69, 9.17) is 0 Å². The molecule has 0 saturated heterocycles. The Morgan fingerprint density at radius 2 is 1.43 bits per heavy atom. The number of aryl methyl sites for hydroxylation is 1. The number of methoxy groups -OCH3 is 1. The van der Waals surface area contributed by atoms with Gasteiger partial charge < -0.3 is 4.74 Å². The minimum Gasteiger partial charge on any atom is -0.469 e. The number of hydrogen-bond donors (Lipinski definition) is 0. The van der Waals surface area contributed by atoms with Crippen molar-refractivity contribution in [1.29, 1.82) is 0 Å². The second-order valence-electron chi connectivity index (χ2n) is 7.09. The van der Waals surface area contributed by atoms with E-state index in [2.05, 4.69) is 4.74 Å². The van der Waals surface area contributed by atoms with Crippen LogP contribution in [-0.4, -0.2) is 22.2 Å². The van der Waals surface area contributed by atoms with Gasteiger partial charge in [0.25, 0.3) is 0 Å². The molecule has 148 valence electrons. The van der Waals surface area contributed by atoms with Gasteiger partial charge in [-0.05, 0) is 30.5 Å². The zero-order valence-electron chi connectivity index (χ0n) is 16.5. The molecule has 1 heterocycles. The van der Waals surface area contributed by atoms with Crippen LogP contribution in [0.3, 0.4) is 0 Å². The van der Waals surface area contributed by atoms with Gasteiger partial charge >= 0.3 is 11.7 Å². The number of para-hydroxylation sites is 2. The molecule has 0 bridgehead atoms. The normalized spacial score (nSPS) is 11.0. The van der Waals surface area contributed by atoms with Gasteiger partial charge in [-0.1, -0.05) is 61.7 Å². The predicted octanol–water partition coefficient (Wildman–Crippen LogP) is 4.36. The van der Waals surface area contributed by atoms with Gasteiger partial charge in [-0.15, -0.1) is 0 Å². The molecule has 0 amide bonds. The van der Waals surface area contributed by atoms with Crippen molar-refractivity contribution in [3.05, 3.63) is 70.6 Å². The van der Waals surface area contributed by atoms with Crippen molar-refractivity contribution in [2.24, 2.45) is 0 Å². The molecule has 0 radical (unpaired) electrons. The monoisotopic (exact) mass is 380 g/mol. The lowest BCUT2D eigenvalue weighted by Crippen LogP contribution is -2.24. The average molecular weight is 380 g/mol.